The summed E-state index contributed by atoms with van der Waals surface area (Å²) in [6.07, 6.45) is -0.382. The lowest BCUT2D eigenvalue weighted by Crippen LogP contribution is -2.50. The molecule has 1 saturated heterocycles. The molecule has 3 amide bonds. The third-order valence-electron chi connectivity index (χ3n) is 4.88. The average Bonchev–Trinajstić information content (AvgIpc) is 2.79. The average molecular weight is 439 g/mol. The summed E-state index contributed by atoms with van der Waals surface area (Å²) in [5.74, 6) is -0.731. The molecule has 168 valence electrons. The van der Waals surface area contributed by atoms with E-state index >= 15 is 0 Å². The molecule has 1 heterocycles. The zero-order chi connectivity index (χ0) is 23.1. The van der Waals surface area contributed by atoms with Crippen molar-refractivity contribution in [1.29, 1.82) is 0 Å². The van der Waals surface area contributed by atoms with Crippen molar-refractivity contribution in [3.05, 3.63) is 59.7 Å². The minimum Gasteiger partial charge on any atom is -0.450 e. The van der Waals surface area contributed by atoms with E-state index in [9.17, 15) is 19.2 Å². The first-order chi connectivity index (χ1) is 15.4. The van der Waals surface area contributed by atoms with E-state index in [4.69, 9.17) is 9.47 Å². The Morgan fingerprint density at radius 1 is 0.906 bits per heavy atom. The Bertz CT molecular complexity index is 997. The summed E-state index contributed by atoms with van der Waals surface area (Å²) in [6, 6.07) is 12.9. The molecule has 0 radical (unpaired) electrons. The Morgan fingerprint density at radius 3 is 2.16 bits per heavy atom. The van der Waals surface area contributed by atoms with Crippen molar-refractivity contribution in [1.82, 2.24) is 9.80 Å². The number of para-hydroxylation sites is 1. The van der Waals surface area contributed by atoms with Crippen LogP contribution in [0.1, 0.15) is 34.6 Å². The number of esters is 1. The fourth-order valence-electron chi connectivity index (χ4n) is 3.29. The Labute approximate surface area is 185 Å². The van der Waals surface area contributed by atoms with Gasteiger partial charge in [0.1, 0.15) is 5.75 Å². The quantitative estimate of drug-likeness (QED) is 0.567. The summed E-state index contributed by atoms with van der Waals surface area (Å²) in [6.45, 7) is 4.86. The molecule has 1 N–H and O–H groups in total. The van der Waals surface area contributed by atoms with Gasteiger partial charge in [-0.25, -0.2) is 4.79 Å². The number of hydrogen-bond acceptors (Lipinski definition) is 6. The highest BCUT2D eigenvalue weighted by Crippen LogP contribution is 2.20. The second-order valence-electron chi connectivity index (χ2n) is 7.10. The van der Waals surface area contributed by atoms with Gasteiger partial charge >= 0.3 is 12.1 Å². The van der Waals surface area contributed by atoms with Gasteiger partial charge in [0.2, 0.25) is 0 Å². The van der Waals surface area contributed by atoms with Crippen molar-refractivity contribution < 1.29 is 28.7 Å². The molecule has 9 nitrogen and oxygen atoms in total. The van der Waals surface area contributed by atoms with Crippen LogP contribution < -0.4 is 10.1 Å². The summed E-state index contributed by atoms with van der Waals surface area (Å²) in [5.41, 5.74) is 1.10. The fraction of sp³-hybridized carbons (Fsp3) is 0.304. The Morgan fingerprint density at radius 2 is 1.53 bits per heavy atom. The number of carbonyl (C=O) groups excluding carboxylic acids is 4. The van der Waals surface area contributed by atoms with Gasteiger partial charge < -0.3 is 24.6 Å². The van der Waals surface area contributed by atoms with Crippen LogP contribution in [0, 0.1) is 0 Å². The number of anilines is 1. The first kappa shape index (κ1) is 22.8. The topological polar surface area (TPSA) is 105 Å². The maximum atomic E-state index is 13.1. The second-order valence-corrected chi connectivity index (χ2v) is 7.10. The van der Waals surface area contributed by atoms with Crippen LogP contribution in [-0.2, 0) is 9.53 Å². The molecule has 2 aromatic rings. The fourth-order valence-corrected chi connectivity index (χ4v) is 3.29. The van der Waals surface area contributed by atoms with Crippen molar-refractivity contribution >= 4 is 29.6 Å². The molecule has 9 heteroatoms. The van der Waals surface area contributed by atoms with Crippen LogP contribution in [0.5, 0.6) is 5.75 Å². The predicted molar refractivity (Wildman–Crippen MR) is 117 cm³/mol. The first-order valence-corrected chi connectivity index (χ1v) is 10.3. The lowest BCUT2D eigenvalue weighted by Gasteiger charge is -2.34. The molecule has 2 aromatic carbocycles. The SMILES string of the molecule is CCOC(=O)N1CCN(C(=O)c2ccccc2NC(=O)c2ccc(OC(C)=O)cc2)CC1. The molecule has 1 aliphatic heterocycles. The van der Waals surface area contributed by atoms with Crippen LogP contribution in [0.2, 0.25) is 0 Å². The molecule has 0 unspecified atom stereocenters. The number of piperazine rings is 1. The molecule has 1 aliphatic rings. The van der Waals surface area contributed by atoms with Gasteiger partial charge in [0, 0.05) is 38.7 Å². The Balaban J connectivity index is 1.67. The second kappa shape index (κ2) is 10.4. The van der Waals surface area contributed by atoms with Crippen molar-refractivity contribution in [3.8, 4) is 5.75 Å². The number of hydrogen-bond donors (Lipinski definition) is 1. The highest BCUT2D eigenvalue weighted by molar-refractivity contribution is 6.09. The van der Waals surface area contributed by atoms with Crippen LogP contribution >= 0.6 is 0 Å². The van der Waals surface area contributed by atoms with Gasteiger partial charge in [0.25, 0.3) is 11.8 Å². The lowest BCUT2D eigenvalue weighted by atomic mass is 10.1. The molecule has 1 fully saturated rings. The van der Waals surface area contributed by atoms with E-state index < -0.39 is 11.9 Å². The number of carbonyl (C=O) groups is 4. The molecular formula is C23H25N3O6. The van der Waals surface area contributed by atoms with E-state index in [1.165, 1.54) is 31.2 Å². The molecular weight excluding hydrogens is 414 g/mol. The summed E-state index contributed by atoms with van der Waals surface area (Å²) < 4.78 is 9.97. The molecule has 0 spiro atoms. The van der Waals surface area contributed by atoms with Crippen molar-refractivity contribution in [2.75, 3.05) is 38.1 Å². The predicted octanol–water partition coefficient (Wildman–Crippen LogP) is 2.78. The van der Waals surface area contributed by atoms with E-state index in [2.05, 4.69) is 5.32 Å². The van der Waals surface area contributed by atoms with Gasteiger partial charge in [-0.05, 0) is 43.3 Å². The van der Waals surface area contributed by atoms with Crippen molar-refractivity contribution in [3.63, 3.8) is 0 Å². The number of benzene rings is 2. The van der Waals surface area contributed by atoms with E-state index in [-0.39, 0.29) is 12.0 Å². The van der Waals surface area contributed by atoms with E-state index in [0.717, 1.165) is 0 Å². The Hall–Kier alpha value is -3.88. The molecule has 0 saturated carbocycles. The van der Waals surface area contributed by atoms with Crippen molar-refractivity contribution in [2.24, 2.45) is 0 Å². The molecule has 3 rings (SSSR count). The first-order valence-electron chi connectivity index (χ1n) is 10.3. The highest BCUT2D eigenvalue weighted by atomic mass is 16.6. The van der Waals surface area contributed by atoms with Crippen LogP contribution in [0.4, 0.5) is 10.5 Å². The third-order valence-corrected chi connectivity index (χ3v) is 4.88. The van der Waals surface area contributed by atoms with Crippen LogP contribution in [0.25, 0.3) is 0 Å². The number of nitrogens with zero attached hydrogens (tertiary/aromatic N) is 2. The van der Waals surface area contributed by atoms with Crippen molar-refractivity contribution in [2.45, 2.75) is 13.8 Å². The standard InChI is InChI=1S/C23H25N3O6/c1-3-31-23(30)26-14-12-25(13-15-26)22(29)19-6-4-5-7-20(19)24-21(28)17-8-10-18(11-9-17)32-16(2)27/h4-11H,3,12-15H2,1-2H3,(H,24,28). The normalized spacial score (nSPS) is 13.3. The third kappa shape index (κ3) is 5.63. The molecule has 0 atom stereocenters. The molecule has 32 heavy (non-hydrogen) atoms. The highest BCUT2D eigenvalue weighted by Gasteiger charge is 2.27. The van der Waals surface area contributed by atoms with Gasteiger partial charge in [-0.15, -0.1) is 0 Å². The van der Waals surface area contributed by atoms with Gasteiger partial charge in [-0.3, -0.25) is 14.4 Å². The number of nitrogens with one attached hydrogen (secondary N) is 1. The lowest BCUT2D eigenvalue weighted by molar-refractivity contribution is -0.131. The monoisotopic (exact) mass is 439 g/mol. The summed E-state index contributed by atoms with van der Waals surface area (Å²) in [5, 5.41) is 2.77. The van der Waals surface area contributed by atoms with E-state index in [1.807, 2.05) is 0 Å². The Kier molecular flexibility index (Phi) is 7.43. The van der Waals surface area contributed by atoms with Gasteiger partial charge in [-0.1, -0.05) is 12.1 Å². The summed E-state index contributed by atoms with van der Waals surface area (Å²) >= 11 is 0. The zero-order valence-corrected chi connectivity index (χ0v) is 18.0. The van der Waals surface area contributed by atoms with E-state index in [1.54, 1.807) is 41.0 Å². The maximum Gasteiger partial charge on any atom is 0.409 e. The van der Waals surface area contributed by atoms with Gasteiger partial charge in [0.15, 0.2) is 0 Å². The van der Waals surface area contributed by atoms with Gasteiger partial charge in [-0.2, -0.15) is 0 Å². The van der Waals surface area contributed by atoms with Crippen LogP contribution in [0.15, 0.2) is 48.5 Å². The summed E-state index contributed by atoms with van der Waals surface area (Å²) in [4.78, 5) is 51.9. The minimum atomic E-state index is -0.447. The zero-order valence-electron chi connectivity index (χ0n) is 18.0. The number of ether oxygens (including phenoxy) is 2. The molecule has 0 bridgehead atoms. The van der Waals surface area contributed by atoms with Crippen LogP contribution in [-0.4, -0.2) is 66.5 Å². The number of rotatable bonds is 5. The van der Waals surface area contributed by atoms with Gasteiger partial charge in [0.05, 0.1) is 17.9 Å². The number of amides is 3. The van der Waals surface area contributed by atoms with Crippen LogP contribution in [0.3, 0.4) is 0 Å². The summed E-state index contributed by atoms with van der Waals surface area (Å²) in [7, 11) is 0. The largest absolute Gasteiger partial charge is 0.450 e. The van der Waals surface area contributed by atoms with E-state index in [0.29, 0.717) is 55.3 Å². The molecule has 0 aromatic heterocycles. The molecule has 0 aliphatic carbocycles. The maximum absolute atomic E-state index is 13.1. The minimum absolute atomic E-state index is 0.227. The smallest absolute Gasteiger partial charge is 0.409 e.